The predicted molar refractivity (Wildman–Crippen MR) is 94.1 cm³/mol. The monoisotopic (exact) mass is 381 g/mol. The average molecular weight is 382 g/mol. The van der Waals surface area contributed by atoms with Crippen molar-refractivity contribution in [2.24, 2.45) is 0 Å². The summed E-state index contributed by atoms with van der Waals surface area (Å²) in [7, 11) is 0. The molecule has 0 N–H and O–H groups in total. The van der Waals surface area contributed by atoms with Crippen molar-refractivity contribution in [2.75, 3.05) is 6.61 Å². The van der Waals surface area contributed by atoms with E-state index in [-0.39, 0.29) is 5.97 Å². The molecule has 0 aliphatic heterocycles. The molecule has 1 aromatic carbocycles. The minimum atomic E-state index is -0.0886. The van der Waals surface area contributed by atoms with Crippen molar-refractivity contribution in [3.05, 3.63) is 39.9 Å². The minimum absolute atomic E-state index is 0.0886. The van der Waals surface area contributed by atoms with E-state index in [1.54, 1.807) is 11.3 Å². The van der Waals surface area contributed by atoms with Crippen molar-refractivity contribution in [1.82, 2.24) is 4.98 Å². The van der Waals surface area contributed by atoms with Gasteiger partial charge in [0.15, 0.2) is 0 Å². The SMILES string of the molecule is CCOC(=O)CCCCCc1ncc(-c2ccc(Br)cc2)s1. The summed E-state index contributed by atoms with van der Waals surface area (Å²) in [6.45, 7) is 2.31. The van der Waals surface area contributed by atoms with Gasteiger partial charge in [-0.15, -0.1) is 11.3 Å². The van der Waals surface area contributed by atoms with Gasteiger partial charge in [-0.2, -0.15) is 0 Å². The van der Waals surface area contributed by atoms with Crippen LogP contribution in [0.5, 0.6) is 0 Å². The average Bonchev–Trinajstić information content (AvgIpc) is 2.97. The third-order valence-corrected chi connectivity index (χ3v) is 4.89. The zero-order valence-corrected chi connectivity index (χ0v) is 15.1. The molecule has 0 saturated heterocycles. The fourth-order valence-electron chi connectivity index (χ4n) is 2.13. The van der Waals surface area contributed by atoms with Crippen LogP contribution in [0, 0.1) is 0 Å². The van der Waals surface area contributed by atoms with Gasteiger partial charge in [-0.1, -0.05) is 34.5 Å². The molecule has 0 fully saturated rings. The lowest BCUT2D eigenvalue weighted by atomic mass is 10.1. The topological polar surface area (TPSA) is 39.2 Å². The summed E-state index contributed by atoms with van der Waals surface area (Å²) in [4.78, 5) is 16.9. The molecule has 22 heavy (non-hydrogen) atoms. The van der Waals surface area contributed by atoms with Gasteiger partial charge < -0.3 is 4.74 Å². The van der Waals surface area contributed by atoms with Gasteiger partial charge in [0, 0.05) is 17.1 Å². The Hall–Kier alpha value is -1.20. The van der Waals surface area contributed by atoms with Gasteiger partial charge in [-0.25, -0.2) is 4.98 Å². The Kier molecular flexibility index (Phi) is 7.06. The van der Waals surface area contributed by atoms with Gasteiger partial charge in [0.05, 0.1) is 16.5 Å². The number of carbonyl (C=O) groups is 1. The zero-order valence-electron chi connectivity index (χ0n) is 12.7. The molecule has 2 rings (SSSR count). The standard InChI is InChI=1S/C17H20BrNO2S/c1-2-21-17(20)7-5-3-4-6-16-19-12-15(22-16)13-8-10-14(18)11-9-13/h8-12H,2-7H2,1H3. The molecule has 0 aliphatic rings. The Morgan fingerprint density at radius 2 is 2.00 bits per heavy atom. The molecule has 2 aromatic rings. The number of rotatable bonds is 8. The second kappa shape index (κ2) is 9.06. The summed E-state index contributed by atoms with van der Waals surface area (Å²) < 4.78 is 6.00. The first-order valence-corrected chi connectivity index (χ1v) is 9.16. The van der Waals surface area contributed by atoms with Crippen LogP contribution in [0.15, 0.2) is 34.9 Å². The molecule has 0 radical (unpaired) electrons. The quantitative estimate of drug-likeness (QED) is 0.463. The molecule has 118 valence electrons. The molecule has 0 spiro atoms. The molecule has 0 saturated carbocycles. The smallest absolute Gasteiger partial charge is 0.305 e. The zero-order chi connectivity index (χ0) is 15.8. The third kappa shape index (κ3) is 5.54. The van der Waals surface area contributed by atoms with E-state index in [2.05, 4.69) is 33.0 Å². The fraction of sp³-hybridized carbons (Fsp3) is 0.412. The number of carbonyl (C=O) groups excluding carboxylic acids is 1. The first-order chi connectivity index (χ1) is 10.7. The van der Waals surface area contributed by atoms with Gasteiger partial charge in [0.1, 0.15) is 0 Å². The lowest BCUT2D eigenvalue weighted by Crippen LogP contribution is -2.03. The van der Waals surface area contributed by atoms with Crippen LogP contribution in [0.4, 0.5) is 0 Å². The highest BCUT2D eigenvalue weighted by Crippen LogP contribution is 2.28. The summed E-state index contributed by atoms with van der Waals surface area (Å²) in [6, 6.07) is 8.29. The number of unbranched alkanes of at least 4 members (excludes halogenated alkanes) is 2. The van der Waals surface area contributed by atoms with Crippen molar-refractivity contribution < 1.29 is 9.53 Å². The fourth-order valence-corrected chi connectivity index (χ4v) is 3.36. The van der Waals surface area contributed by atoms with Crippen LogP contribution in [-0.2, 0) is 16.0 Å². The Morgan fingerprint density at radius 1 is 1.23 bits per heavy atom. The summed E-state index contributed by atoms with van der Waals surface area (Å²) in [6.07, 6.45) is 6.43. The van der Waals surface area contributed by atoms with E-state index in [1.165, 1.54) is 10.4 Å². The maximum Gasteiger partial charge on any atom is 0.305 e. The maximum atomic E-state index is 11.2. The molecule has 1 aromatic heterocycles. The molecule has 0 bridgehead atoms. The van der Waals surface area contributed by atoms with Crippen molar-refractivity contribution in [3.8, 4) is 10.4 Å². The van der Waals surface area contributed by atoms with E-state index in [1.807, 2.05) is 25.3 Å². The number of benzene rings is 1. The first kappa shape index (κ1) is 17.2. The normalized spacial score (nSPS) is 10.6. The van der Waals surface area contributed by atoms with Crippen LogP contribution < -0.4 is 0 Å². The predicted octanol–water partition coefficient (Wildman–Crippen LogP) is 5.24. The highest BCUT2D eigenvalue weighted by Gasteiger charge is 2.05. The Labute approximate surface area is 143 Å². The van der Waals surface area contributed by atoms with Gasteiger partial charge in [0.2, 0.25) is 0 Å². The Bertz CT molecular complexity index is 595. The van der Waals surface area contributed by atoms with Crippen LogP contribution in [0.2, 0.25) is 0 Å². The molecule has 0 unspecified atom stereocenters. The molecule has 1 heterocycles. The van der Waals surface area contributed by atoms with Crippen molar-refractivity contribution in [1.29, 1.82) is 0 Å². The molecular weight excluding hydrogens is 362 g/mol. The number of nitrogens with zero attached hydrogens (tertiary/aromatic N) is 1. The number of aromatic nitrogens is 1. The molecule has 0 amide bonds. The number of thiazole rings is 1. The van der Waals surface area contributed by atoms with Crippen molar-refractivity contribution in [2.45, 2.75) is 39.0 Å². The Morgan fingerprint density at radius 3 is 2.73 bits per heavy atom. The van der Waals surface area contributed by atoms with E-state index < -0.39 is 0 Å². The number of ether oxygens (including phenoxy) is 1. The summed E-state index contributed by atoms with van der Waals surface area (Å²) in [5, 5.41) is 1.16. The summed E-state index contributed by atoms with van der Waals surface area (Å²) in [5.74, 6) is -0.0886. The van der Waals surface area contributed by atoms with E-state index in [4.69, 9.17) is 4.74 Å². The maximum absolute atomic E-state index is 11.2. The Balaban J connectivity index is 1.73. The van der Waals surface area contributed by atoms with Crippen LogP contribution in [-0.4, -0.2) is 17.6 Å². The van der Waals surface area contributed by atoms with Gasteiger partial charge >= 0.3 is 5.97 Å². The molecule has 0 atom stereocenters. The van der Waals surface area contributed by atoms with Gasteiger partial charge in [-0.05, 0) is 43.9 Å². The number of halogens is 1. The van der Waals surface area contributed by atoms with Crippen molar-refractivity contribution >= 4 is 33.2 Å². The molecular formula is C17H20BrNO2S. The second-order valence-electron chi connectivity index (χ2n) is 4.99. The van der Waals surface area contributed by atoms with E-state index in [0.717, 1.165) is 35.2 Å². The lowest BCUT2D eigenvalue weighted by Gasteiger charge is -2.01. The van der Waals surface area contributed by atoms with Gasteiger partial charge in [-0.3, -0.25) is 4.79 Å². The first-order valence-electron chi connectivity index (χ1n) is 7.55. The largest absolute Gasteiger partial charge is 0.466 e. The summed E-state index contributed by atoms with van der Waals surface area (Å²) >= 11 is 5.19. The van der Waals surface area contributed by atoms with Crippen LogP contribution in [0.1, 0.15) is 37.6 Å². The number of esters is 1. The number of hydrogen-bond donors (Lipinski definition) is 0. The molecule has 5 heteroatoms. The van der Waals surface area contributed by atoms with Crippen LogP contribution in [0.3, 0.4) is 0 Å². The third-order valence-electron chi connectivity index (χ3n) is 3.26. The lowest BCUT2D eigenvalue weighted by molar-refractivity contribution is -0.143. The van der Waals surface area contributed by atoms with E-state index in [9.17, 15) is 4.79 Å². The molecule has 3 nitrogen and oxygen atoms in total. The number of aryl methyl sites for hydroxylation is 1. The van der Waals surface area contributed by atoms with E-state index >= 15 is 0 Å². The summed E-state index contributed by atoms with van der Waals surface area (Å²) in [5.41, 5.74) is 1.20. The van der Waals surface area contributed by atoms with Crippen molar-refractivity contribution in [3.63, 3.8) is 0 Å². The van der Waals surface area contributed by atoms with Crippen LogP contribution in [0.25, 0.3) is 10.4 Å². The van der Waals surface area contributed by atoms with Gasteiger partial charge in [0.25, 0.3) is 0 Å². The molecule has 0 aliphatic carbocycles. The number of hydrogen-bond acceptors (Lipinski definition) is 4. The highest BCUT2D eigenvalue weighted by molar-refractivity contribution is 9.10. The van der Waals surface area contributed by atoms with E-state index in [0.29, 0.717) is 13.0 Å². The minimum Gasteiger partial charge on any atom is -0.466 e. The highest BCUT2D eigenvalue weighted by atomic mass is 79.9. The van der Waals surface area contributed by atoms with Crippen LogP contribution >= 0.6 is 27.3 Å². The second-order valence-corrected chi connectivity index (χ2v) is 7.02.